The summed E-state index contributed by atoms with van der Waals surface area (Å²) in [5.74, 6) is 0.793. The van der Waals surface area contributed by atoms with E-state index in [0.29, 0.717) is 18.4 Å². The Morgan fingerprint density at radius 3 is 2.32 bits per heavy atom. The average Bonchev–Trinajstić information content (AvgIpc) is 2.36. The maximum Gasteiger partial charge on any atom is 0.311 e. The lowest BCUT2D eigenvalue weighted by molar-refractivity contribution is -0.162. The Balaban J connectivity index is 2.70. The van der Waals surface area contributed by atoms with E-state index in [1.54, 1.807) is 0 Å². The molecule has 1 rings (SSSR count). The zero-order chi connectivity index (χ0) is 14.5. The van der Waals surface area contributed by atoms with Gasteiger partial charge in [0, 0.05) is 0 Å². The highest BCUT2D eigenvalue weighted by Gasteiger charge is 2.44. The highest BCUT2D eigenvalue weighted by molar-refractivity contribution is 5.73. The Bertz CT molecular complexity index is 278. The van der Waals surface area contributed by atoms with Gasteiger partial charge in [0.2, 0.25) is 0 Å². The van der Waals surface area contributed by atoms with Gasteiger partial charge < -0.3 is 9.84 Å². The first-order valence-corrected chi connectivity index (χ1v) is 7.83. The SMILES string of the molecule is CCCC(C(=O)OCC)C1(O)CCC(C(C)C)CC1. The molecule has 1 fully saturated rings. The van der Waals surface area contributed by atoms with Gasteiger partial charge in [-0.25, -0.2) is 0 Å². The molecule has 0 bridgehead atoms. The van der Waals surface area contributed by atoms with Crippen molar-refractivity contribution in [2.75, 3.05) is 6.61 Å². The molecule has 19 heavy (non-hydrogen) atoms. The van der Waals surface area contributed by atoms with E-state index in [-0.39, 0.29) is 11.9 Å². The fraction of sp³-hybridized carbons (Fsp3) is 0.938. The molecule has 3 heteroatoms. The molecule has 0 radical (unpaired) electrons. The van der Waals surface area contributed by atoms with E-state index in [4.69, 9.17) is 4.74 Å². The number of aliphatic hydroxyl groups is 1. The van der Waals surface area contributed by atoms with Crippen LogP contribution in [-0.2, 0) is 9.53 Å². The van der Waals surface area contributed by atoms with Gasteiger partial charge in [-0.05, 0) is 50.9 Å². The molecule has 0 aromatic rings. The van der Waals surface area contributed by atoms with Crippen molar-refractivity contribution in [2.24, 2.45) is 17.8 Å². The number of esters is 1. The summed E-state index contributed by atoms with van der Waals surface area (Å²) in [5.41, 5.74) is -0.840. The number of hydrogen-bond donors (Lipinski definition) is 1. The van der Waals surface area contributed by atoms with Gasteiger partial charge in [0.25, 0.3) is 0 Å². The number of carbonyl (C=O) groups excluding carboxylic acids is 1. The highest BCUT2D eigenvalue weighted by atomic mass is 16.5. The molecule has 0 saturated heterocycles. The van der Waals surface area contributed by atoms with Crippen LogP contribution in [0.2, 0.25) is 0 Å². The molecule has 0 aromatic carbocycles. The van der Waals surface area contributed by atoms with E-state index in [2.05, 4.69) is 20.8 Å². The molecule has 0 aromatic heterocycles. The number of rotatable bonds is 6. The lowest BCUT2D eigenvalue weighted by atomic mass is 9.68. The molecule has 0 spiro atoms. The van der Waals surface area contributed by atoms with Crippen molar-refractivity contribution in [3.05, 3.63) is 0 Å². The summed E-state index contributed by atoms with van der Waals surface area (Å²) in [5, 5.41) is 10.9. The Morgan fingerprint density at radius 1 is 1.32 bits per heavy atom. The van der Waals surface area contributed by atoms with Crippen molar-refractivity contribution < 1.29 is 14.6 Å². The Kier molecular flexibility index (Phi) is 6.31. The molecule has 1 aliphatic rings. The minimum absolute atomic E-state index is 0.213. The van der Waals surface area contributed by atoms with Crippen LogP contribution in [0.15, 0.2) is 0 Å². The highest BCUT2D eigenvalue weighted by Crippen LogP contribution is 2.41. The molecule has 0 aliphatic heterocycles. The third-order valence-corrected chi connectivity index (χ3v) is 4.64. The maximum atomic E-state index is 12.1. The van der Waals surface area contributed by atoms with Gasteiger partial charge in [-0.2, -0.15) is 0 Å². The molecule has 1 saturated carbocycles. The summed E-state index contributed by atoms with van der Waals surface area (Å²) in [4.78, 5) is 12.1. The second-order valence-corrected chi connectivity index (χ2v) is 6.28. The van der Waals surface area contributed by atoms with Crippen LogP contribution in [0.4, 0.5) is 0 Å². The predicted octanol–water partition coefficient (Wildman–Crippen LogP) is 3.54. The standard InChI is InChI=1S/C16H30O3/c1-5-7-14(15(17)19-6-2)16(18)10-8-13(9-11-16)12(3)4/h12-14,18H,5-11H2,1-4H3. The van der Waals surface area contributed by atoms with Gasteiger partial charge >= 0.3 is 5.97 Å². The van der Waals surface area contributed by atoms with Crippen LogP contribution in [0.25, 0.3) is 0 Å². The molecule has 3 nitrogen and oxygen atoms in total. The third-order valence-electron chi connectivity index (χ3n) is 4.64. The Morgan fingerprint density at radius 2 is 1.89 bits per heavy atom. The minimum Gasteiger partial charge on any atom is -0.466 e. The van der Waals surface area contributed by atoms with Crippen LogP contribution < -0.4 is 0 Å². The van der Waals surface area contributed by atoms with Gasteiger partial charge in [0.05, 0.1) is 18.1 Å². The Labute approximate surface area is 117 Å². The quantitative estimate of drug-likeness (QED) is 0.751. The molecule has 0 amide bonds. The van der Waals surface area contributed by atoms with Crippen LogP contribution in [0, 0.1) is 17.8 Å². The maximum absolute atomic E-state index is 12.1. The lowest BCUT2D eigenvalue weighted by Gasteiger charge is -2.41. The van der Waals surface area contributed by atoms with Crippen LogP contribution >= 0.6 is 0 Å². The molecule has 1 N–H and O–H groups in total. The summed E-state index contributed by atoms with van der Waals surface area (Å²) in [7, 11) is 0. The summed E-state index contributed by atoms with van der Waals surface area (Å²) in [6.07, 6.45) is 5.14. The second kappa shape index (κ2) is 7.28. The summed E-state index contributed by atoms with van der Waals surface area (Å²) in [6.45, 7) is 8.74. The topological polar surface area (TPSA) is 46.5 Å². The largest absolute Gasteiger partial charge is 0.466 e. The monoisotopic (exact) mass is 270 g/mol. The lowest BCUT2D eigenvalue weighted by Crippen LogP contribution is -2.46. The fourth-order valence-corrected chi connectivity index (χ4v) is 3.29. The van der Waals surface area contributed by atoms with E-state index in [1.807, 2.05) is 6.92 Å². The number of carbonyl (C=O) groups is 1. The number of ether oxygens (including phenoxy) is 1. The zero-order valence-corrected chi connectivity index (χ0v) is 12.9. The first-order chi connectivity index (χ1) is 8.94. The summed E-state index contributed by atoms with van der Waals surface area (Å²) in [6, 6.07) is 0. The van der Waals surface area contributed by atoms with Crippen molar-refractivity contribution in [3.63, 3.8) is 0 Å². The van der Waals surface area contributed by atoms with Gasteiger partial charge in [-0.15, -0.1) is 0 Å². The van der Waals surface area contributed by atoms with Crippen molar-refractivity contribution >= 4 is 5.97 Å². The second-order valence-electron chi connectivity index (χ2n) is 6.28. The van der Waals surface area contributed by atoms with Crippen molar-refractivity contribution in [1.82, 2.24) is 0 Å². The van der Waals surface area contributed by atoms with E-state index in [1.165, 1.54) is 0 Å². The van der Waals surface area contributed by atoms with Crippen LogP contribution in [0.5, 0.6) is 0 Å². The van der Waals surface area contributed by atoms with Crippen molar-refractivity contribution in [1.29, 1.82) is 0 Å². The zero-order valence-electron chi connectivity index (χ0n) is 12.9. The minimum atomic E-state index is -0.840. The first-order valence-electron chi connectivity index (χ1n) is 7.83. The van der Waals surface area contributed by atoms with Gasteiger partial charge in [0.1, 0.15) is 0 Å². The van der Waals surface area contributed by atoms with E-state index in [9.17, 15) is 9.90 Å². The first kappa shape index (κ1) is 16.5. The predicted molar refractivity (Wildman–Crippen MR) is 76.8 cm³/mol. The molecule has 0 heterocycles. The van der Waals surface area contributed by atoms with E-state index < -0.39 is 5.60 Å². The molecule has 1 unspecified atom stereocenters. The summed E-state index contributed by atoms with van der Waals surface area (Å²) >= 11 is 0. The van der Waals surface area contributed by atoms with Crippen LogP contribution in [0.1, 0.15) is 66.2 Å². The van der Waals surface area contributed by atoms with Crippen molar-refractivity contribution in [3.8, 4) is 0 Å². The smallest absolute Gasteiger partial charge is 0.311 e. The van der Waals surface area contributed by atoms with Gasteiger partial charge in [-0.3, -0.25) is 4.79 Å². The van der Waals surface area contributed by atoms with Gasteiger partial charge in [0.15, 0.2) is 0 Å². The number of hydrogen-bond acceptors (Lipinski definition) is 3. The Hall–Kier alpha value is -0.570. The van der Waals surface area contributed by atoms with Crippen LogP contribution in [-0.4, -0.2) is 23.3 Å². The third kappa shape index (κ3) is 4.20. The summed E-state index contributed by atoms with van der Waals surface area (Å²) < 4.78 is 5.15. The molecule has 112 valence electrons. The molecular formula is C16H30O3. The normalized spacial score (nSPS) is 29.3. The van der Waals surface area contributed by atoms with Crippen molar-refractivity contribution in [2.45, 2.75) is 71.8 Å². The van der Waals surface area contributed by atoms with Crippen LogP contribution in [0.3, 0.4) is 0 Å². The van der Waals surface area contributed by atoms with Gasteiger partial charge in [-0.1, -0.05) is 27.2 Å². The molecule has 1 atom stereocenters. The fourth-order valence-electron chi connectivity index (χ4n) is 3.29. The van der Waals surface area contributed by atoms with E-state index >= 15 is 0 Å². The van der Waals surface area contributed by atoms with E-state index in [0.717, 1.165) is 38.5 Å². The average molecular weight is 270 g/mol. The molecular weight excluding hydrogens is 240 g/mol. The molecule has 1 aliphatic carbocycles.